The SMILES string of the molecule is CC(C)(C)OC(=O)N1CCC2(CC1)OOC1(O2)C2CC3CC(C2)CC1C3.CC1(C)COC2(CCC3(CC2)OOC2(CC(C)(C)CC(C)(C)C2)O3)OC1. The molecule has 1 amide bonds. The second-order valence-corrected chi connectivity index (χ2v) is 21.8. The molecular weight excluding hydrogens is 666 g/mol. The van der Waals surface area contributed by atoms with Crippen molar-refractivity contribution in [1.29, 1.82) is 0 Å². The Morgan fingerprint density at radius 2 is 1.06 bits per heavy atom. The van der Waals surface area contributed by atoms with Crippen LogP contribution in [0.1, 0.15) is 152 Å². The van der Waals surface area contributed by atoms with Crippen LogP contribution in [-0.4, -0.2) is 71.8 Å². The van der Waals surface area contributed by atoms with Gasteiger partial charge in [0, 0.05) is 81.7 Å². The van der Waals surface area contributed by atoms with Gasteiger partial charge in [-0.05, 0) is 82.0 Å². The molecule has 52 heavy (non-hydrogen) atoms. The zero-order valence-electron chi connectivity index (χ0n) is 33.6. The smallest absolute Gasteiger partial charge is 0.410 e. The van der Waals surface area contributed by atoms with Gasteiger partial charge in [0.1, 0.15) is 5.60 Å². The van der Waals surface area contributed by atoms with E-state index in [1.165, 1.54) is 38.5 Å². The van der Waals surface area contributed by atoms with Crippen LogP contribution in [0.5, 0.6) is 0 Å². The molecular formula is C41H67NO10. The van der Waals surface area contributed by atoms with Gasteiger partial charge >= 0.3 is 6.09 Å². The van der Waals surface area contributed by atoms with Crippen LogP contribution in [0, 0.1) is 39.9 Å². The van der Waals surface area contributed by atoms with Crippen LogP contribution >= 0.6 is 0 Å². The van der Waals surface area contributed by atoms with E-state index >= 15 is 0 Å². The topological polar surface area (TPSA) is 103 Å². The highest BCUT2D eigenvalue weighted by atomic mass is 17.3. The van der Waals surface area contributed by atoms with Crippen LogP contribution in [0.25, 0.3) is 0 Å². The first-order valence-corrected chi connectivity index (χ1v) is 20.5. The quantitative estimate of drug-likeness (QED) is 0.225. The van der Waals surface area contributed by atoms with Crippen molar-refractivity contribution in [2.45, 2.75) is 187 Å². The molecule has 4 aliphatic heterocycles. The minimum absolute atomic E-state index is 0.0905. The molecule has 0 unspecified atom stereocenters. The highest BCUT2D eigenvalue weighted by molar-refractivity contribution is 5.68. The number of carbonyl (C=O) groups excluding carboxylic acids is 1. The Bertz CT molecular complexity index is 1300. The lowest BCUT2D eigenvalue weighted by atomic mass is 9.53. The zero-order chi connectivity index (χ0) is 37.1. The minimum Gasteiger partial charge on any atom is -0.444 e. The highest BCUT2D eigenvalue weighted by Crippen LogP contribution is 2.64. The molecule has 10 aliphatic rings. The standard InChI is InChI=1S/C21H36O5.C20H31NO5/c1-16(2)11-17(3,4)13-21(12-16)24-20(25-26-21)9-7-19(8-10-20)22-14-18(5,6)15-23-19;1-18(2,3)23-17(22)21-6-4-19(5-7-21)24-20(26-25-19)15-9-13-8-14(11-15)12-16(20)10-13/h7-15H2,1-6H3;13-16H,4-12H2,1-3H3. The molecule has 11 heteroatoms. The summed E-state index contributed by atoms with van der Waals surface area (Å²) in [5, 5.41) is 0. The van der Waals surface area contributed by atoms with E-state index in [-0.39, 0.29) is 22.3 Å². The van der Waals surface area contributed by atoms with Crippen molar-refractivity contribution >= 4 is 6.09 Å². The number of amides is 1. The maximum Gasteiger partial charge on any atom is 0.410 e. The van der Waals surface area contributed by atoms with Crippen LogP contribution < -0.4 is 0 Å². The third-order valence-corrected chi connectivity index (χ3v) is 13.5. The summed E-state index contributed by atoms with van der Waals surface area (Å²) in [4.78, 5) is 37.8. The van der Waals surface area contributed by atoms with Crippen LogP contribution in [0.3, 0.4) is 0 Å². The summed E-state index contributed by atoms with van der Waals surface area (Å²) in [5.41, 5.74) is -0.0330. The van der Waals surface area contributed by atoms with Crippen molar-refractivity contribution in [1.82, 2.24) is 4.90 Å². The molecule has 11 nitrogen and oxygen atoms in total. The second kappa shape index (κ2) is 12.5. The molecule has 6 saturated carbocycles. The van der Waals surface area contributed by atoms with Crippen molar-refractivity contribution in [3.05, 3.63) is 0 Å². The van der Waals surface area contributed by atoms with Crippen molar-refractivity contribution in [2.75, 3.05) is 26.3 Å². The lowest BCUT2D eigenvalue weighted by Gasteiger charge is -2.57. The van der Waals surface area contributed by atoms with E-state index < -0.39 is 34.5 Å². The van der Waals surface area contributed by atoms with Gasteiger partial charge in [0.2, 0.25) is 23.1 Å². The average Bonchev–Trinajstić information content (AvgIpc) is 3.55. The lowest BCUT2D eigenvalue weighted by Crippen LogP contribution is -2.59. The monoisotopic (exact) mass is 733 g/mol. The maximum absolute atomic E-state index is 12.3. The number of rotatable bonds is 0. The van der Waals surface area contributed by atoms with Crippen LogP contribution in [0.15, 0.2) is 0 Å². The van der Waals surface area contributed by atoms with E-state index in [4.69, 9.17) is 43.2 Å². The predicted octanol–water partition coefficient (Wildman–Crippen LogP) is 8.78. The van der Waals surface area contributed by atoms with E-state index in [9.17, 15) is 4.79 Å². The summed E-state index contributed by atoms with van der Waals surface area (Å²) in [7, 11) is 0. The molecule has 4 saturated heterocycles. The third kappa shape index (κ3) is 7.33. The molecule has 0 N–H and O–H groups in total. The van der Waals surface area contributed by atoms with Crippen molar-refractivity contribution in [2.24, 2.45) is 39.9 Å². The Morgan fingerprint density at radius 1 is 0.577 bits per heavy atom. The van der Waals surface area contributed by atoms with Gasteiger partial charge in [-0.1, -0.05) is 41.5 Å². The highest BCUT2D eigenvalue weighted by Gasteiger charge is 2.67. The summed E-state index contributed by atoms with van der Waals surface area (Å²) in [5.74, 6) is -0.268. The average molecular weight is 734 g/mol. The minimum atomic E-state index is -0.687. The van der Waals surface area contributed by atoms with E-state index in [1.807, 2.05) is 20.8 Å². The summed E-state index contributed by atoms with van der Waals surface area (Å²) >= 11 is 0. The Balaban J connectivity index is 0.000000149. The van der Waals surface area contributed by atoms with Gasteiger partial charge in [0.05, 0.1) is 13.2 Å². The number of hydrogen-bond acceptors (Lipinski definition) is 10. The third-order valence-electron chi connectivity index (χ3n) is 13.5. The van der Waals surface area contributed by atoms with Gasteiger partial charge in [-0.25, -0.2) is 4.79 Å². The van der Waals surface area contributed by atoms with Crippen LogP contribution in [0.2, 0.25) is 0 Å². The molecule has 6 aliphatic carbocycles. The Labute approximate surface area is 311 Å². The van der Waals surface area contributed by atoms with Gasteiger partial charge in [0.25, 0.3) is 0 Å². The van der Waals surface area contributed by atoms with E-state index in [0.717, 1.165) is 63.6 Å². The van der Waals surface area contributed by atoms with Gasteiger partial charge in [-0.2, -0.15) is 19.6 Å². The van der Waals surface area contributed by atoms with Crippen LogP contribution in [-0.2, 0) is 43.2 Å². The Hall–Kier alpha value is -1.05. The van der Waals surface area contributed by atoms with Gasteiger partial charge in [-0.15, -0.1) is 0 Å². The van der Waals surface area contributed by atoms with Crippen molar-refractivity contribution in [3.8, 4) is 0 Å². The van der Waals surface area contributed by atoms with E-state index in [0.29, 0.717) is 37.8 Å². The first kappa shape index (κ1) is 37.9. The first-order chi connectivity index (χ1) is 24.1. The van der Waals surface area contributed by atoms with Crippen LogP contribution in [0.4, 0.5) is 4.79 Å². The van der Waals surface area contributed by atoms with Crippen molar-refractivity contribution < 1.29 is 48.0 Å². The summed E-state index contributed by atoms with van der Waals surface area (Å²) in [6.45, 7) is 21.9. The molecule has 0 aromatic carbocycles. The summed E-state index contributed by atoms with van der Waals surface area (Å²) in [6, 6.07) is 0. The number of hydrogen-bond donors (Lipinski definition) is 0. The van der Waals surface area contributed by atoms with Gasteiger partial charge < -0.3 is 28.6 Å². The largest absolute Gasteiger partial charge is 0.444 e. The lowest BCUT2D eigenvalue weighted by molar-refractivity contribution is -0.390. The zero-order valence-corrected chi connectivity index (χ0v) is 33.6. The summed E-state index contributed by atoms with van der Waals surface area (Å²) in [6.07, 6.45) is 13.3. The number of carbonyl (C=O) groups is 1. The Kier molecular flexibility index (Phi) is 9.08. The van der Waals surface area contributed by atoms with Gasteiger partial charge in [-0.3, -0.25) is 0 Å². The molecule has 5 spiro atoms. The fourth-order valence-electron chi connectivity index (χ4n) is 12.0. The summed E-state index contributed by atoms with van der Waals surface area (Å²) < 4.78 is 31.1. The molecule has 0 radical (unpaired) electrons. The number of ether oxygens (including phenoxy) is 5. The Morgan fingerprint density at radius 3 is 1.60 bits per heavy atom. The van der Waals surface area contributed by atoms with E-state index in [1.54, 1.807) is 4.90 Å². The molecule has 4 bridgehead atoms. The molecule has 10 fully saturated rings. The number of likely N-dealkylation sites (tertiary alicyclic amines) is 1. The first-order valence-electron chi connectivity index (χ1n) is 20.5. The maximum atomic E-state index is 12.3. The van der Waals surface area contributed by atoms with Crippen molar-refractivity contribution in [3.63, 3.8) is 0 Å². The molecule has 296 valence electrons. The van der Waals surface area contributed by atoms with Gasteiger partial charge in [0.15, 0.2) is 5.79 Å². The normalized spacial score (nSPS) is 39.6. The number of piperidine rings is 1. The fourth-order valence-corrected chi connectivity index (χ4v) is 12.0. The fraction of sp³-hybridized carbons (Fsp3) is 0.976. The second-order valence-electron chi connectivity index (χ2n) is 21.8. The molecule has 0 aromatic rings. The predicted molar refractivity (Wildman–Crippen MR) is 190 cm³/mol. The molecule has 10 rings (SSSR count). The molecule has 0 aromatic heterocycles. The number of nitrogens with zero attached hydrogens (tertiary/aromatic N) is 1. The van der Waals surface area contributed by atoms with E-state index in [2.05, 4.69) is 41.5 Å². The molecule has 0 atom stereocenters. The molecule has 4 heterocycles.